The maximum atomic E-state index is 12.3. The molecule has 0 saturated heterocycles. The molecule has 0 fully saturated rings. The lowest BCUT2D eigenvalue weighted by Crippen LogP contribution is -2.12. The summed E-state index contributed by atoms with van der Waals surface area (Å²) in [5.74, 6) is -0.612. The van der Waals surface area contributed by atoms with E-state index in [1.165, 1.54) is 0 Å². The Morgan fingerprint density at radius 1 is 1.53 bits per heavy atom. The van der Waals surface area contributed by atoms with E-state index < -0.39 is 33.9 Å². The molecule has 0 aromatic carbocycles. The monoisotopic (exact) mass is 240 g/mol. The van der Waals surface area contributed by atoms with Crippen LogP contribution in [0.25, 0.3) is 0 Å². The predicted molar refractivity (Wildman–Crippen MR) is 45.5 cm³/mol. The summed E-state index contributed by atoms with van der Waals surface area (Å²) in [4.78, 5) is 12.5. The fourth-order valence-electron chi connectivity index (χ4n) is 1.03. The van der Waals surface area contributed by atoms with E-state index in [2.05, 4.69) is 4.98 Å². The van der Waals surface area contributed by atoms with E-state index in [4.69, 9.17) is 11.6 Å². The number of halogens is 4. The molecule has 0 amide bonds. The first-order valence-electron chi connectivity index (χ1n) is 3.63. The van der Waals surface area contributed by atoms with Gasteiger partial charge in [0.1, 0.15) is 0 Å². The Kier molecular flexibility index (Phi) is 3.13. The van der Waals surface area contributed by atoms with E-state index in [-0.39, 0.29) is 0 Å². The van der Waals surface area contributed by atoms with Crippen molar-refractivity contribution in [3.8, 4) is 0 Å². The molecule has 0 bridgehead atoms. The van der Waals surface area contributed by atoms with Crippen LogP contribution in [0.4, 0.5) is 18.9 Å². The SMILES string of the molecule is O=[N+]([O-])c1ccnc(C(F)(F)F)c1CCl. The van der Waals surface area contributed by atoms with E-state index >= 15 is 0 Å². The average molecular weight is 241 g/mol. The Morgan fingerprint density at radius 3 is 2.53 bits per heavy atom. The Morgan fingerprint density at radius 2 is 2.13 bits per heavy atom. The van der Waals surface area contributed by atoms with Gasteiger partial charge >= 0.3 is 6.18 Å². The number of alkyl halides is 4. The minimum Gasteiger partial charge on any atom is -0.258 e. The van der Waals surface area contributed by atoms with Gasteiger partial charge in [0, 0.05) is 12.3 Å². The van der Waals surface area contributed by atoms with E-state index in [1.54, 1.807) is 0 Å². The van der Waals surface area contributed by atoms with Crippen molar-refractivity contribution >= 4 is 17.3 Å². The van der Waals surface area contributed by atoms with Crippen LogP contribution >= 0.6 is 11.6 Å². The minimum absolute atomic E-state index is 0.612. The zero-order valence-electron chi connectivity index (χ0n) is 7.08. The van der Waals surface area contributed by atoms with Crippen LogP contribution in [0.1, 0.15) is 11.3 Å². The van der Waals surface area contributed by atoms with Crippen molar-refractivity contribution in [1.29, 1.82) is 0 Å². The number of rotatable bonds is 2. The summed E-state index contributed by atoms with van der Waals surface area (Å²) in [6.45, 7) is 0. The molecule has 15 heavy (non-hydrogen) atoms. The van der Waals surface area contributed by atoms with Gasteiger partial charge in [-0.25, -0.2) is 0 Å². The first-order valence-corrected chi connectivity index (χ1v) is 4.16. The summed E-state index contributed by atoms with van der Waals surface area (Å²) >= 11 is 5.24. The van der Waals surface area contributed by atoms with Gasteiger partial charge in [-0.05, 0) is 0 Å². The van der Waals surface area contributed by atoms with Gasteiger partial charge in [-0.2, -0.15) is 13.2 Å². The smallest absolute Gasteiger partial charge is 0.258 e. The van der Waals surface area contributed by atoms with E-state index in [9.17, 15) is 23.3 Å². The second kappa shape index (κ2) is 4.01. The topological polar surface area (TPSA) is 56.0 Å². The van der Waals surface area contributed by atoms with E-state index in [0.29, 0.717) is 0 Å². The molecule has 0 aliphatic heterocycles. The summed E-state index contributed by atoms with van der Waals surface area (Å²) in [5, 5.41) is 10.4. The molecule has 0 atom stereocenters. The lowest BCUT2D eigenvalue weighted by atomic mass is 10.2. The predicted octanol–water partition coefficient (Wildman–Crippen LogP) is 2.75. The van der Waals surface area contributed by atoms with Gasteiger partial charge in [0.25, 0.3) is 5.69 Å². The molecule has 0 aliphatic rings. The second-order valence-corrected chi connectivity index (χ2v) is 2.81. The Balaban J connectivity index is 3.42. The minimum atomic E-state index is -4.74. The molecular weight excluding hydrogens is 237 g/mol. The molecule has 0 radical (unpaired) electrons. The van der Waals surface area contributed by atoms with E-state index in [1.807, 2.05) is 0 Å². The summed E-state index contributed by atoms with van der Waals surface area (Å²) in [7, 11) is 0. The molecule has 0 N–H and O–H groups in total. The van der Waals surface area contributed by atoms with Crippen molar-refractivity contribution in [3.05, 3.63) is 33.6 Å². The van der Waals surface area contributed by atoms with E-state index in [0.717, 1.165) is 12.3 Å². The Hall–Kier alpha value is -1.37. The molecule has 4 nitrogen and oxygen atoms in total. The third-order valence-electron chi connectivity index (χ3n) is 1.63. The van der Waals surface area contributed by atoms with Crippen LogP contribution in [0.2, 0.25) is 0 Å². The van der Waals surface area contributed by atoms with Crippen molar-refractivity contribution in [2.75, 3.05) is 0 Å². The summed E-state index contributed by atoms with van der Waals surface area (Å²) in [6.07, 6.45) is -4.01. The van der Waals surface area contributed by atoms with Crippen LogP contribution < -0.4 is 0 Å². The largest absolute Gasteiger partial charge is 0.433 e. The highest BCUT2D eigenvalue weighted by molar-refractivity contribution is 6.17. The van der Waals surface area contributed by atoms with Gasteiger partial charge in [0.05, 0.1) is 16.4 Å². The van der Waals surface area contributed by atoms with Crippen molar-refractivity contribution < 1.29 is 18.1 Å². The van der Waals surface area contributed by atoms with Crippen LogP contribution in [0.15, 0.2) is 12.3 Å². The molecule has 1 aromatic rings. The lowest BCUT2D eigenvalue weighted by Gasteiger charge is -2.09. The maximum absolute atomic E-state index is 12.3. The van der Waals surface area contributed by atoms with Crippen molar-refractivity contribution in [3.63, 3.8) is 0 Å². The summed E-state index contributed by atoms with van der Waals surface area (Å²) in [6, 6.07) is 0.882. The molecule has 8 heteroatoms. The normalized spacial score (nSPS) is 11.5. The zero-order chi connectivity index (χ0) is 11.6. The maximum Gasteiger partial charge on any atom is 0.433 e. The van der Waals surface area contributed by atoms with Crippen LogP contribution in [0, 0.1) is 10.1 Å². The van der Waals surface area contributed by atoms with Crippen LogP contribution in [0.3, 0.4) is 0 Å². The molecule has 1 aromatic heterocycles. The second-order valence-electron chi connectivity index (χ2n) is 2.55. The van der Waals surface area contributed by atoms with Crippen molar-refractivity contribution in [1.82, 2.24) is 4.98 Å². The highest BCUT2D eigenvalue weighted by atomic mass is 35.5. The standard InChI is InChI=1S/C7H4ClF3N2O2/c8-3-4-5(13(14)15)1-2-12-6(4)7(9,10)11/h1-2H,3H2. The Bertz CT molecular complexity index is 394. The summed E-state index contributed by atoms with van der Waals surface area (Å²) in [5.41, 5.74) is -2.60. The Labute approximate surface area is 86.8 Å². The number of hydrogen-bond acceptors (Lipinski definition) is 3. The van der Waals surface area contributed by atoms with Crippen LogP contribution in [-0.2, 0) is 12.1 Å². The highest BCUT2D eigenvalue weighted by Gasteiger charge is 2.38. The number of aromatic nitrogens is 1. The molecule has 0 spiro atoms. The number of nitrogens with zero attached hydrogens (tertiary/aromatic N) is 2. The zero-order valence-corrected chi connectivity index (χ0v) is 7.84. The molecule has 0 saturated carbocycles. The molecule has 1 rings (SSSR count). The highest BCUT2D eigenvalue weighted by Crippen LogP contribution is 2.34. The third kappa shape index (κ3) is 2.35. The molecule has 1 heterocycles. The summed E-state index contributed by atoms with van der Waals surface area (Å²) < 4.78 is 37.0. The van der Waals surface area contributed by atoms with Gasteiger partial charge in [-0.15, -0.1) is 11.6 Å². The molecular formula is C7H4ClF3N2O2. The quantitative estimate of drug-likeness (QED) is 0.454. The third-order valence-corrected chi connectivity index (χ3v) is 1.90. The van der Waals surface area contributed by atoms with Crippen molar-refractivity contribution in [2.45, 2.75) is 12.1 Å². The first kappa shape index (κ1) is 11.7. The first-order chi connectivity index (χ1) is 6.88. The lowest BCUT2D eigenvalue weighted by molar-refractivity contribution is -0.385. The number of nitro groups is 1. The van der Waals surface area contributed by atoms with Crippen LogP contribution in [-0.4, -0.2) is 9.91 Å². The van der Waals surface area contributed by atoms with Crippen molar-refractivity contribution in [2.24, 2.45) is 0 Å². The van der Waals surface area contributed by atoms with Gasteiger partial charge in [0.2, 0.25) is 0 Å². The van der Waals surface area contributed by atoms with Gasteiger partial charge in [-0.1, -0.05) is 0 Å². The molecule has 82 valence electrons. The number of hydrogen-bond donors (Lipinski definition) is 0. The fraction of sp³-hybridized carbons (Fsp3) is 0.286. The van der Waals surface area contributed by atoms with Crippen LogP contribution in [0.5, 0.6) is 0 Å². The van der Waals surface area contributed by atoms with Gasteiger partial charge < -0.3 is 0 Å². The van der Waals surface area contributed by atoms with Gasteiger partial charge in [0.15, 0.2) is 5.69 Å². The fourth-order valence-corrected chi connectivity index (χ4v) is 1.29. The average Bonchev–Trinajstić information content (AvgIpc) is 2.15. The molecule has 0 unspecified atom stereocenters. The molecule has 0 aliphatic carbocycles. The number of pyridine rings is 1. The van der Waals surface area contributed by atoms with Gasteiger partial charge in [-0.3, -0.25) is 15.1 Å².